The predicted molar refractivity (Wildman–Crippen MR) is 83.3 cm³/mol. The van der Waals surface area contributed by atoms with Crippen LogP contribution in [0.1, 0.15) is 5.56 Å². The Labute approximate surface area is 127 Å². The van der Waals surface area contributed by atoms with Crippen LogP contribution in [-0.4, -0.2) is 26.5 Å². The number of nitrogens with two attached hydrogens (primary N) is 1. The maximum Gasteiger partial charge on any atom is 0.285 e. The molecule has 0 bridgehead atoms. The minimum atomic E-state index is -4.23. The molecule has 0 heterocycles. The van der Waals surface area contributed by atoms with E-state index in [-0.39, 0.29) is 11.3 Å². The van der Waals surface area contributed by atoms with Crippen LogP contribution in [0.4, 0.5) is 4.39 Å². The summed E-state index contributed by atoms with van der Waals surface area (Å²) in [6.07, 6.45) is 6.58. The minimum absolute atomic E-state index is 0.0427. The van der Waals surface area contributed by atoms with E-state index in [4.69, 9.17) is 11.1 Å². The molecule has 0 spiro atoms. The molecule has 0 saturated carbocycles. The van der Waals surface area contributed by atoms with E-state index in [0.29, 0.717) is 18.5 Å². The molecule has 1 aromatic rings. The molecule has 0 aliphatic heterocycles. The fraction of sp³-hybridized carbons (Fsp3) is 0.133. The smallest absolute Gasteiger partial charge is 0.285 e. The molecule has 114 valence electrons. The van der Waals surface area contributed by atoms with Gasteiger partial charge in [-0.15, -0.1) is 0 Å². The lowest BCUT2D eigenvalue weighted by Crippen LogP contribution is -2.09. The van der Waals surface area contributed by atoms with Crippen molar-refractivity contribution < 1.29 is 12.8 Å². The highest BCUT2D eigenvalue weighted by Crippen LogP contribution is 2.20. The molecule has 2 rings (SSSR count). The van der Waals surface area contributed by atoms with Gasteiger partial charge in [-0.2, -0.15) is 12.8 Å². The first-order chi connectivity index (χ1) is 10.5. The monoisotopic (exact) mass is 319 g/mol. The minimum Gasteiger partial charge on any atom is -0.330 e. The summed E-state index contributed by atoms with van der Waals surface area (Å²) in [6.45, 7) is 0.327. The third-order valence-corrected chi connectivity index (χ3v) is 4.27. The van der Waals surface area contributed by atoms with Gasteiger partial charge in [-0.3, -0.25) is 5.41 Å². The lowest BCUT2D eigenvalue weighted by Gasteiger charge is -2.07. The second kappa shape index (κ2) is 6.62. The number of nitrogens with zero attached hydrogens (tertiary/aromatic N) is 1. The topological polar surface area (TPSA) is 96.4 Å². The van der Waals surface area contributed by atoms with E-state index in [1.807, 2.05) is 0 Å². The first kappa shape index (κ1) is 16.0. The molecule has 1 aliphatic rings. The van der Waals surface area contributed by atoms with Crippen LogP contribution in [-0.2, 0) is 16.4 Å². The van der Waals surface area contributed by atoms with Crippen molar-refractivity contribution in [3.63, 3.8) is 0 Å². The lowest BCUT2D eigenvalue weighted by molar-refractivity contribution is 0.567. The van der Waals surface area contributed by atoms with Crippen LogP contribution in [0.3, 0.4) is 0 Å². The van der Waals surface area contributed by atoms with E-state index in [2.05, 4.69) is 10.3 Å². The SMILES string of the molecule is N=C=C1C=CC=C/C1=N/S(=O)(=O)c1cc(CCN)ccc1F. The molecule has 0 aromatic heterocycles. The van der Waals surface area contributed by atoms with E-state index >= 15 is 0 Å². The number of sulfonamides is 1. The summed E-state index contributed by atoms with van der Waals surface area (Å²) in [5.41, 5.74) is 6.29. The third-order valence-electron chi connectivity index (χ3n) is 2.96. The standard InChI is InChI=1S/C15H14FN3O2S/c16-13-6-5-11(7-8-17)9-15(13)22(20,21)19-14-4-2-1-3-12(14)10-18/h1-6,9,18H,7-8,17H2/b19-14-. The van der Waals surface area contributed by atoms with Gasteiger partial charge in [0.1, 0.15) is 10.7 Å². The highest BCUT2D eigenvalue weighted by atomic mass is 32.2. The second-order valence-corrected chi connectivity index (χ2v) is 6.08. The van der Waals surface area contributed by atoms with Crippen molar-refractivity contribution in [2.24, 2.45) is 10.1 Å². The van der Waals surface area contributed by atoms with Gasteiger partial charge in [0.2, 0.25) is 0 Å². The van der Waals surface area contributed by atoms with Crippen molar-refractivity contribution in [2.45, 2.75) is 11.3 Å². The average Bonchev–Trinajstić information content (AvgIpc) is 2.49. The Morgan fingerprint density at radius 1 is 1.27 bits per heavy atom. The predicted octanol–water partition coefficient (Wildman–Crippen LogP) is 1.76. The molecule has 7 heteroatoms. The van der Waals surface area contributed by atoms with Crippen molar-refractivity contribution >= 4 is 21.6 Å². The Morgan fingerprint density at radius 3 is 2.68 bits per heavy atom. The maximum absolute atomic E-state index is 13.9. The number of nitrogens with one attached hydrogen (secondary N) is 1. The summed E-state index contributed by atoms with van der Waals surface area (Å²) in [6, 6.07) is 3.81. The van der Waals surface area contributed by atoms with Crippen molar-refractivity contribution in [3.05, 3.63) is 59.5 Å². The van der Waals surface area contributed by atoms with Gasteiger partial charge in [0.25, 0.3) is 10.0 Å². The molecule has 3 N–H and O–H groups in total. The number of allylic oxidation sites excluding steroid dienone is 5. The fourth-order valence-electron chi connectivity index (χ4n) is 1.91. The summed E-state index contributed by atoms with van der Waals surface area (Å²) >= 11 is 0. The summed E-state index contributed by atoms with van der Waals surface area (Å²) in [5, 5.41) is 7.14. The largest absolute Gasteiger partial charge is 0.330 e. The van der Waals surface area contributed by atoms with Gasteiger partial charge in [-0.05, 0) is 48.7 Å². The molecule has 0 fully saturated rings. The lowest BCUT2D eigenvalue weighted by atomic mass is 10.1. The molecular weight excluding hydrogens is 305 g/mol. The fourth-order valence-corrected chi connectivity index (χ4v) is 3.04. The average molecular weight is 319 g/mol. The number of halogens is 1. The number of hydrogen-bond acceptors (Lipinski definition) is 4. The van der Waals surface area contributed by atoms with Crippen molar-refractivity contribution in [1.82, 2.24) is 0 Å². The quantitative estimate of drug-likeness (QED) is 0.828. The van der Waals surface area contributed by atoms with Gasteiger partial charge in [-0.1, -0.05) is 18.2 Å². The normalized spacial score (nSPS) is 16.1. The molecule has 5 nitrogen and oxygen atoms in total. The van der Waals surface area contributed by atoms with Gasteiger partial charge >= 0.3 is 0 Å². The first-order valence-electron chi connectivity index (χ1n) is 6.46. The zero-order valence-corrected chi connectivity index (χ0v) is 12.4. The Hall–Kier alpha value is -2.34. The van der Waals surface area contributed by atoms with Gasteiger partial charge in [0.15, 0.2) is 0 Å². The van der Waals surface area contributed by atoms with Crippen LogP contribution in [0, 0.1) is 11.2 Å². The molecule has 22 heavy (non-hydrogen) atoms. The van der Waals surface area contributed by atoms with Crippen LogP contribution in [0.25, 0.3) is 0 Å². The summed E-state index contributed by atoms with van der Waals surface area (Å²) in [4.78, 5) is -0.502. The molecule has 1 aliphatic carbocycles. The van der Waals surface area contributed by atoms with Crippen LogP contribution in [0.5, 0.6) is 0 Å². The van der Waals surface area contributed by atoms with E-state index < -0.39 is 20.7 Å². The van der Waals surface area contributed by atoms with Gasteiger partial charge < -0.3 is 5.73 Å². The molecule has 0 radical (unpaired) electrons. The van der Waals surface area contributed by atoms with Crippen molar-refractivity contribution in [2.75, 3.05) is 6.54 Å². The number of hydrogen-bond donors (Lipinski definition) is 2. The summed E-state index contributed by atoms with van der Waals surface area (Å²) in [7, 11) is -4.23. The number of benzene rings is 1. The van der Waals surface area contributed by atoms with E-state index in [9.17, 15) is 12.8 Å². The Kier molecular flexibility index (Phi) is 4.82. The van der Waals surface area contributed by atoms with Crippen LogP contribution in [0.2, 0.25) is 0 Å². The molecule has 0 amide bonds. The van der Waals surface area contributed by atoms with Crippen molar-refractivity contribution in [3.8, 4) is 0 Å². The van der Waals surface area contributed by atoms with Crippen LogP contribution < -0.4 is 5.73 Å². The van der Waals surface area contributed by atoms with Crippen LogP contribution in [0.15, 0.2) is 57.4 Å². The van der Waals surface area contributed by atoms with Gasteiger partial charge in [0.05, 0.1) is 11.3 Å². The molecule has 0 saturated heterocycles. The Morgan fingerprint density at radius 2 is 2.00 bits per heavy atom. The zero-order valence-electron chi connectivity index (χ0n) is 11.6. The summed E-state index contributed by atoms with van der Waals surface area (Å²) in [5.74, 6) is 1.22. The summed E-state index contributed by atoms with van der Waals surface area (Å²) < 4.78 is 42.1. The van der Waals surface area contributed by atoms with Gasteiger partial charge in [-0.25, -0.2) is 4.39 Å². The van der Waals surface area contributed by atoms with Crippen molar-refractivity contribution in [1.29, 1.82) is 5.41 Å². The third kappa shape index (κ3) is 3.46. The van der Waals surface area contributed by atoms with E-state index in [1.165, 1.54) is 24.3 Å². The first-order valence-corrected chi connectivity index (χ1v) is 7.90. The highest BCUT2D eigenvalue weighted by molar-refractivity contribution is 7.90. The second-order valence-electron chi connectivity index (χ2n) is 4.51. The number of rotatable bonds is 4. The Bertz CT molecular complexity index is 832. The van der Waals surface area contributed by atoms with Crippen LogP contribution >= 0.6 is 0 Å². The molecule has 0 unspecified atom stereocenters. The van der Waals surface area contributed by atoms with E-state index in [0.717, 1.165) is 6.07 Å². The highest BCUT2D eigenvalue weighted by Gasteiger charge is 2.20. The van der Waals surface area contributed by atoms with E-state index in [1.54, 1.807) is 12.2 Å². The molecule has 0 atom stereocenters. The van der Waals surface area contributed by atoms with Gasteiger partial charge in [0, 0.05) is 0 Å². The Balaban J connectivity index is 2.51. The molecule has 1 aromatic carbocycles. The maximum atomic E-state index is 13.9. The zero-order chi connectivity index (χ0) is 16.2. The molecular formula is C15H14FN3O2S.